The van der Waals surface area contributed by atoms with Gasteiger partial charge >= 0.3 is 5.97 Å². The SMILES string of the molecule is Cl.NNC(=O)c1cc(-c2ccc(C#Cc3ccc(C(=O)N4CCCC[C@H]4C(=O)O)cc3Cl)cc2)nc2cc(Cl)ncc12. The number of amides is 2. The van der Waals surface area contributed by atoms with Crippen LogP contribution in [0.15, 0.2) is 60.8 Å². The molecule has 1 saturated heterocycles. The number of hydrazine groups is 1. The number of benzene rings is 2. The van der Waals surface area contributed by atoms with Crippen LogP contribution in [0.1, 0.15) is 51.1 Å². The number of halogens is 3. The highest BCUT2D eigenvalue weighted by Crippen LogP contribution is 2.27. The van der Waals surface area contributed by atoms with Gasteiger partial charge in [-0.1, -0.05) is 47.2 Å². The van der Waals surface area contributed by atoms with E-state index in [-0.39, 0.29) is 23.5 Å². The first-order chi connectivity index (χ1) is 19.7. The average Bonchev–Trinajstić information content (AvgIpc) is 2.99. The molecule has 0 aliphatic carbocycles. The van der Waals surface area contributed by atoms with Gasteiger partial charge < -0.3 is 10.0 Å². The van der Waals surface area contributed by atoms with Gasteiger partial charge in [-0.15, -0.1) is 12.4 Å². The zero-order chi connectivity index (χ0) is 29.1. The molecule has 1 aliphatic heterocycles. The number of aliphatic carboxylic acids is 1. The number of piperidine rings is 1. The van der Waals surface area contributed by atoms with Crippen LogP contribution < -0.4 is 11.3 Å². The molecule has 2 aromatic heterocycles. The zero-order valence-electron chi connectivity index (χ0n) is 21.9. The molecule has 1 atom stereocenters. The second kappa shape index (κ2) is 13.2. The van der Waals surface area contributed by atoms with Crippen LogP contribution in [0.2, 0.25) is 10.2 Å². The van der Waals surface area contributed by atoms with E-state index < -0.39 is 17.9 Å². The van der Waals surface area contributed by atoms with Crippen LogP contribution in [0.25, 0.3) is 22.2 Å². The Hall–Kier alpha value is -4.20. The molecule has 214 valence electrons. The molecule has 0 unspecified atom stereocenters. The highest BCUT2D eigenvalue weighted by Gasteiger charge is 2.32. The van der Waals surface area contributed by atoms with Gasteiger partial charge in [0.2, 0.25) is 0 Å². The minimum atomic E-state index is -1.00. The van der Waals surface area contributed by atoms with Gasteiger partial charge in [-0.2, -0.15) is 0 Å². The summed E-state index contributed by atoms with van der Waals surface area (Å²) < 4.78 is 0. The lowest BCUT2D eigenvalue weighted by Crippen LogP contribution is -2.47. The Morgan fingerprint density at radius 3 is 2.48 bits per heavy atom. The first kappa shape index (κ1) is 30.8. The summed E-state index contributed by atoms with van der Waals surface area (Å²) in [5.74, 6) is 9.60. The fraction of sp³-hybridized carbons (Fsp3) is 0.167. The van der Waals surface area contributed by atoms with Crippen LogP contribution >= 0.6 is 35.6 Å². The Kier molecular flexibility index (Phi) is 9.66. The van der Waals surface area contributed by atoms with Crippen LogP contribution in [-0.2, 0) is 4.79 Å². The van der Waals surface area contributed by atoms with Crippen molar-refractivity contribution in [2.75, 3.05) is 6.54 Å². The number of likely N-dealkylation sites (tertiary alicyclic amines) is 1. The number of pyridine rings is 2. The van der Waals surface area contributed by atoms with Crippen molar-refractivity contribution >= 4 is 64.3 Å². The van der Waals surface area contributed by atoms with Crippen molar-refractivity contribution in [3.05, 3.63) is 93.2 Å². The van der Waals surface area contributed by atoms with E-state index in [2.05, 4.69) is 27.2 Å². The third-order valence-corrected chi connectivity index (χ3v) is 7.34. The van der Waals surface area contributed by atoms with Gasteiger partial charge in [0.15, 0.2) is 0 Å². The molecule has 0 saturated carbocycles. The smallest absolute Gasteiger partial charge is 0.326 e. The number of nitrogens with zero attached hydrogens (tertiary/aromatic N) is 3. The molecule has 4 aromatic rings. The highest BCUT2D eigenvalue weighted by molar-refractivity contribution is 6.32. The van der Waals surface area contributed by atoms with E-state index in [4.69, 9.17) is 29.0 Å². The number of carboxylic acids is 1. The van der Waals surface area contributed by atoms with Gasteiger partial charge in [-0.3, -0.25) is 15.0 Å². The molecule has 42 heavy (non-hydrogen) atoms. The number of aromatic nitrogens is 2. The molecule has 2 aromatic carbocycles. The van der Waals surface area contributed by atoms with Gasteiger partial charge in [0, 0.05) is 46.4 Å². The fourth-order valence-electron chi connectivity index (χ4n) is 4.72. The number of carboxylic acid groups (broad SMARTS) is 1. The lowest BCUT2D eigenvalue weighted by atomic mass is 10.0. The monoisotopic (exact) mass is 623 g/mol. The van der Waals surface area contributed by atoms with Crippen LogP contribution in [0.4, 0.5) is 0 Å². The van der Waals surface area contributed by atoms with Crippen molar-refractivity contribution in [3.8, 4) is 23.1 Å². The largest absolute Gasteiger partial charge is 0.480 e. The van der Waals surface area contributed by atoms with Gasteiger partial charge in [-0.25, -0.2) is 20.6 Å². The number of carbonyl (C=O) groups is 3. The first-order valence-electron chi connectivity index (χ1n) is 12.7. The number of fused-ring (bicyclic) bond motifs is 1. The van der Waals surface area contributed by atoms with E-state index >= 15 is 0 Å². The maximum absolute atomic E-state index is 13.0. The van der Waals surface area contributed by atoms with Crippen molar-refractivity contribution in [3.63, 3.8) is 0 Å². The first-order valence-corrected chi connectivity index (χ1v) is 13.4. The summed E-state index contributed by atoms with van der Waals surface area (Å²) in [7, 11) is 0. The zero-order valence-corrected chi connectivity index (χ0v) is 24.3. The molecular formula is C30H24Cl3N5O4. The van der Waals surface area contributed by atoms with Crippen LogP contribution in [0.3, 0.4) is 0 Å². The molecule has 0 radical (unpaired) electrons. The third kappa shape index (κ3) is 6.48. The van der Waals surface area contributed by atoms with Crippen LogP contribution in [0.5, 0.6) is 0 Å². The molecule has 4 N–H and O–H groups in total. The molecular weight excluding hydrogens is 601 g/mol. The maximum Gasteiger partial charge on any atom is 0.326 e. The van der Waals surface area contributed by atoms with Crippen LogP contribution in [0, 0.1) is 11.8 Å². The second-order valence-corrected chi connectivity index (χ2v) is 10.2. The van der Waals surface area contributed by atoms with Crippen molar-refractivity contribution in [1.29, 1.82) is 0 Å². The number of hydrogen-bond acceptors (Lipinski definition) is 6. The topological polar surface area (TPSA) is 139 Å². The molecule has 0 spiro atoms. The van der Waals surface area contributed by atoms with Gasteiger partial charge in [-0.05, 0) is 55.7 Å². The van der Waals surface area contributed by atoms with Gasteiger partial charge in [0.1, 0.15) is 11.2 Å². The molecule has 9 nitrogen and oxygen atoms in total. The van der Waals surface area contributed by atoms with Crippen molar-refractivity contribution in [2.24, 2.45) is 5.84 Å². The summed E-state index contributed by atoms with van der Waals surface area (Å²) in [6.07, 6.45) is 3.45. The van der Waals surface area contributed by atoms with Gasteiger partial charge in [0.05, 0.1) is 21.8 Å². The lowest BCUT2D eigenvalue weighted by molar-refractivity contribution is -0.143. The number of hydrogen-bond donors (Lipinski definition) is 3. The number of nitrogens with two attached hydrogens (primary N) is 1. The second-order valence-electron chi connectivity index (χ2n) is 9.42. The molecule has 1 aliphatic rings. The van der Waals surface area contributed by atoms with E-state index in [1.165, 1.54) is 17.2 Å². The highest BCUT2D eigenvalue weighted by atomic mass is 35.5. The Labute approximate surface area is 257 Å². The molecule has 0 bridgehead atoms. The Bertz CT molecular complexity index is 1750. The third-order valence-electron chi connectivity index (χ3n) is 6.82. The normalized spacial score (nSPS) is 14.4. The Balaban J connectivity index is 0.00000405. The van der Waals surface area contributed by atoms with E-state index in [1.54, 1.807) is 24.3 Å². The fourth-order valence-corrected chi connectivity index (χ4v) is 5.10. The summed E-state index contributed by atoms with van der Waals surface area (Å²) in [5, 5.41) is 10.6. The maximum atomic E-state index is 13.0. The number of carbonyl (C=O) groups excluding carboxylic acids is 2. The van der Waals surface area contributed by atoms with Crippen molar-refractivity contribution in [2.45, 2.75) is 25.3 Å². The summed E-state index contributed by atoms with van der Waals surface area (Å²) >= 11 is 12.5. The molecule has 1 fully saturated rings. The summed E-state index contributed by atoms with van der Waals surface area (Å²) in [6.45, 7) is 0.395. The predicted molar refractivity (Wildman–Crippen MR) is 163 cm³/mol. The number of nitrogens with one attached hydrogen (secondary N) is 1. The van der Waals surface area contributed by atoms with Crippen molar-refractivity contribution in [1.82, 2.24) is 20.3 Å². The lowest BCUT2D eigenvalue weighted by Gasteiger charge is -2.33. The predicted octanol–water partition coefficient (Wildman–Crippen LogP) is 5.11. The summed E-state index contributed by atoms with van der Waals surface area (Å²) in [4.78, 5) is 47.0. The average molecular weight is 625 g/mol. The Morgan fingerprint density at radius 2 is 1.79 bits per heavy atom. The molecule has 5 rings (SSSR count). The van der Waals surface area contributed by atoms with Crippen molar-refractivity contribution < 1.29 is 19.5 Å². The standard InChI is InChI=1S/C30H23Cl2N5O4.ClH/c31-23-13-20(29(39)37-12-2-1-3-26(37)30(40)41)11-10-18(23)7-4-17-5-8-19(9-6-17)24-14-21(28(38)36-33)22-16-34-27(32)15-25(22)35-24;/h5-6,8-11,13-16,26H,1-3,12,33H2,(H,36,38)(H,40,41);1H/t26-;/m0./s1. The minimum Gasteiger partial charge on any atom is -0.480 e. The van der Waals surface area contributed by atoms with E-state index in [1.807, 2.05) is 24.3 Å². The summed E-state index contributed by atoms with van der Waals surface area (Å²) in [6, 6.07) is 14.4. The van der Waals surface area contributed by atoms with E-state index in [0.29, 0.717) is 56.8 Å². The number of nitrogen functional groups attached to an aromatic ring is 1. The number of rotatable bonds is 4. The van der Waals surface area contributed by atoms with E-state index in [0.717, 1.165) is 18.4 Å². The van der Waals surface area contributed by atoms with Crippen LogP contribution in [-0.4, -0.2) is 50.3 Å². The van der Waals surface area contributed by atoms with Gasteiger partial charge in [0.25, 0.3) is 11.8 Å². The summed E-state index contributed by atoms with van der Waals surface area (Å²) in [5.41, 5.74) is 5.80. The quantitative estimate of drug-likeness (QED) is 0.0943. The Morgan fingerprint density at radius 1 is 1.02 bits per heavy atom. The molecule has 3 heterocycles. The minimum absolute atomic E-state index is 0. The molecule has 2 amide bonds. The van der Waals surface area contributed by atoms with E-state index in [9.17, 15) is 19.5 Å². The molecule has 12 heteroatoms.